The van der Waals surface area contributed by atoms with Crippen LogP contribution < -0.4 is 0 Å². The maximum absolute atomic E-state index is 12.9. The lowest BCUT2D eigenvalue weighted by atomic mass is 10.2. The number of hydrogen-bond acceptors (Lipinski definition) is 4. The maximum Gasteiger partial charge on any atom is 0.284 e. The fraction of sp³-hybridized carbons (Fsp3) is 0.0667. The number of aromatic nitrogens is 3. The van der Waals surface area contributed by atoms with Gasteiger partial charge in [0.05, 0.1) is 11.1 Å². The lowest BCUT2D eigenvalue weighted by Gasteiger charge is -2.03. The summed E-state index contributed by atoms with van der Waals surface area (Å²) in [5.74, 6) is -0.372. The van der Waals surface area contributed by atoms with Crippen molar-refractivity contribution in [1.82, 2.24) is 14.4 Å². The molecule has 0 saturated carbocycles. The molecule has 7 heteroatoms. The fourth-order valence-electron chi connectivity index (χ4n) is 1.94. The number of nitrogens with zero attached hydrogens (tertiary/aromatic N) is 3. The molecular formula is C15H12FN3O2S. The molecular weight excluding hydrogens is 305 g/mol. The number of rotatable bonds is 3. The van der Waals surface area contributed by atoms with Gasteiger partial charge in [0.2, 0.25) is 0 Å². The van der Waals surface area contributed by atoms with Crippen LogP contribution in [0.5, 0.6) is 0 Å². The predicted molar refractivity (Wildman–Crippen MR) is 79.2 cm³/mol. The van der Waals surface area contributed by atoms with Gasteiger partial charge in [0, 0.05) is 5.56 Å². The van der Waals surface area contributed by atoms with E-state index in [0.29, 0.717) is 11.3 Å². The molecule has 2 aromatic carbocycles. The van der Waals surface area contributed by atoms with Crippen molar-refractivity contribution < 1.29 is 12.8 Å². The van der Waals surface area contributed by atoms with E-state index in [2.05, 4.69) is 10.3 Å². The molecule has 1 aromatic heterocycles. The minimum absolute atomic E-state index is 0.133. The molecule has 3 aromatic rings. The molecule has 0 fully saturated rings. The highest BCUT2D eigenvalue weighted by Gasteiger charge is 2.19. The Morgan fingerprint density at radius 1 is 1.00 bits per heavy atom. The average molecular weight is 317 g/mol. The van der Waals surface area contributed by atoms with E-state index in [1.807, 2.05) is 6.92 Å². The SMILES string of the molecule is Cc1ccc(S(=O)(=O)n2cc(-c3ccc(F)cc3)nn2)cc1. The standard InChI is InChI=1S/C15H12FN3O2S/c1-11-2-8-14(9-3-11)22(20,21)19-10-15(17-18-19)12-4-6-13(16)7-5-12/h2-10H,1H3. The van der Waals surface area contributed by atoms with Gasteiger partial charge in [-0.25, -0.2) is 4.39 Å². The topological polar surface area (TPSA) is 64.8 Å². The zero-order valence-electron chi connectivity index (χ0n) is 11.6. The first-order valence-corrected chi connectivity index (χ1v) is 7.91. The van der Waals surface area contributed by atoms with Crippen LogP contribution in [0.25, 0.3) is 11.3 Å². The van der Waals surface area contributed by atoms with Gasteiger partial charge in [0.25, 0.3) is 10.0 Å². The molecule has 0 aliphatic heterocycles. The van der Waals surface area contributed by atoms with E-state index in [1.54, 1.807) is 12.1 Å². The maximum atomic E-state index is 12.9. The van der Waals surface area contributed by atoms with E-state index < -0.39 is 10.0 Å². The third-order valence-corrected chi connectivity index (χ3v) is 4.72. The van der Waals surface area contributed by atoms with Crippen LogP contribution in [0.3, 0.4) is 0 Å². The van der Waals surface area contributed by atoms with Gasteiger partial charge in [0.1, 0.15) is 11.5 Å². The predicted octanol–water partition coefficient (Wildman–Crippen LogP) is 2.63. The highest BCUT2D eigenvalue weighted by atomic mass is 32.2. The summed E-state index contributed by atoms with van der Waals surface area (Å²) < 4.78 is 38.6. The monoisotopic (exact) mass is 317 g/mol. The van der Waals surface area contributed by atoms with Gasteiger partial charge in [0.15, 0.2) is 0 Å². The molecule has 0 N–H and O–H groups in total. The van der Waals surface area contributed by atoms with Gasteiger partial charge < -0.3 is 0 Å². The Morgan fingerprint density at radius 2 is 1.64 bits per heavy atom. The van der Waals surface area contributed by atoms with E-state index in [4.69, 9.17) is 0 Å². The van der Waals surface area contributed by atoms with Gasteiger partial charge in [-0.15, -0.1) is 9.19 Å². The summed E-state index contributed by atoms with van der Waals surface area (Å²) in [4.78, 5) is 0.133. The molecule has 0 spiro atoms. The van der Waals surface area contributed by atoms with E-state index in [1.165, 1.54) is 42.6 Å². The van der Waals surface area contributed by atoms with Crippen LogP contribution >= 0.6 is 0 Å². The summed E-state index contributed by atoms with van der Waals surface area (Å²) >= 11 is 0. The highest BCUT2D eigenvalue weighted by molar-refractivity contribution is 7.89. The quantitative estimate of drug-likeness (QED) is 0.745. The minimum Gasteiger partial charge on any atom is -0.207 e. The number of hydrogen-bond donors (Lipinski definition) is 0. The second kappa shape index (κ2) is 5.34. The molecule has 0 radical (unpaired) electrons. The summed E-state index contributed by atoms with van der Waals surface area (Å²) in [5, 5.41) is 7.51. The molecule has 0 bridgehead atoms. The Kier molecular flexibility index (Phi) is 3.50. The van der Waals surface area contributed by atoms with Crippen LogP contribution in [0.2, 0.25) is 0 Å². The molecule has 0 amide bonds. The molecule has 3 rings (SSSR count). The van der Waals surface area contributed by atoms with Gasteiger partial charge in [-0.3, -0.25) is 0 Å². The van der Waals surface area contributed by atoms with Gasteiger partial charge in [-0.05, 0) is 43.3 Å². The normalized spacial score (nSPS) is 11.5. The van der Waals surface area contributed by atoms with Crippen molar-refractivity contribution >= 4 is 10.0 Å². The zero-order valence-corrected chi connectivity index (χ0v) is 12.5. The van der Waals surface area contributed by atoms with Crippen molar-refractivity contribution in [1.29, 1.82) is 0 Å². The van der Waals surface area contributed by atoms with Crippen molar-refractivity contribution in [3.05, 3.63) is 66.1 Å². The Balaban J connectivity index is 1.99. The zero-order chi connectivity index (χ0) is 15.7. The van der Waals surface area contributed by atoms with Crippen LogP contribution in [0.4, 0.5) is 4.39 Å². The van der Waals surface area contributed by atoms with Gasteiger partial charge in [-0.1, -0.05) is 22.9 Å². The third-order valence-electron chi connectivity index (χ3n) is 3.18. The summed E-state index contributed by atoms with van der Waals surface area (Å²) in [6, 6.07) is 12.1. The molecule has 5 nitrogen and oxygen atoms in total. The lowest BCUT2D eigenvalue weighted by Crippen LogP contribution is -2.13. The first-order chi connectivity index (χ1) is 10.5. The van der Waals surface area contributed by atoms with Crippen LogP contribution in [0, 0.1) is 12.7 Å². The molecule has 0 aliphatic carbocycles. The largest absolute Gasteiger partial charge is 0.284 e. The van der Waals surface area contributed by atoms with E-state index in [-0.39, 0.29) is 10.7 Å². The first kappa shape index (κ1) is 14.4. The van der Waals surface area contributed by atoms with Crippen molar-refractivity contribution in [2.75, 3.05) is 0 Å². The molecule has 0 atom stereocenters. The Hall–Kier alpha value is -2.54. The van der Waals surface area contributed by atoms with Crippen molar-refractivity contribution in [2.45, 2.75) is 11.8 Å². The van der Waals surface area contributed by atoms with Gasteiger partial charge >= 0.3 is 0 Å². The summed E-state index contributed by atoms with van der Waals surface area (Å²) in [7, 11) is -3.78. The molecule has 112 valence electrons. The first-order valence-electron chi connectivity index (χ1n) is 6.47. The van der Waals surface area contributed by atoms with E-state index in [0.717, 1.165) is 9.65 Å². The van der Waals surface area contributed by atoms with Crippen molar-refractivity contribution in [2.24, 2.45) is 0 Å². The minimum atomic E-state index is -3.78. The second-order valence-corrected chi connectivity index (χ2v) is 6.60. The number of aryl methyl sites for hydroxylation is 1. The Bertz CT molecular complexity index is 901. The van der Waals surface area contributed by atoms with Crippen molar-refractivity contribution in [3.8, 4) is 11.3 Å². The highest BCUT2D eigenvalue weighted by Crippen LogP contribution is 2.19. The van der Waals surface area contributed by atoms with Crippen LogP contribution in [-0.4, -0.2) is 22.8 Å². The summed E-state index contributed by atoms with van der Waals surface area (Å²) in [5.41, 5.74) is 1.91. The lowest BCUT2D eigenvalue weighted by molar-refractivity contribution is 0.577. The van der Waals surface area contributed by atoms with Gasteiger partial charge in [-0.2, -0.15) is 8.42 Å². The van der Waals surface area contributed by atoms with Crippen LogP contribution in [0.1, 0.15) is 5.56 Å². The molecule has 22 heavy (non-hydrogen) atoms. The molecule has 0 saturated heterocycles. The summed E-state index contributed by atoms with van der Waals surface area (Å²) in [6.45, 7) is 1.87. The third kappa shape index (κ3) is 2.62. The number of halogens is 1. The Labute approximate surface area is 127 Å². The summed E-state index contributed by atoms with van der Waals surface area (Å²) in [6.07, 6.45) is 1.31. The smallest absolute Gasteiger partial charge is 0.207 e. The number of benzene rings is 2. The molecule has 0 unspecified atom stereocenters. The van der Waals surface area contributed by atoms with Crippen LogP contribution in [-0.2, 0) is 10.0 Å². The van der Waals surface area contributed by atoms with E-state index in [9.17, 15) is 12.8 Å². The molecule has 0 aliphatic rings. The Morgan fingerprint density at radius 3 is 2.27 bits per heavy atom. The van der Waals surface area contributed by atoms with Crippen LogP contribution in [0.15, 0.2) is 59.6 Å². The van der Waals surface area contributed by atoms with Crippen molar-refractivity contribution in [3.63, 3.8) is 0 Å². The molecule has 1 heterocycles. The fourth-order valence-corrected chi connectivity index (χ4v) is 3.00. The average Bonchev–Trinajstić information content (AvgIpc) is 2.99. The van der Waals surface area contributed by atoms with E-state index >= 15 is 0 Å². The second-order valence-electron chi connectivity index (χ2n) is 4.80.